The van der Waals surface area contributed by atoms with E-state index in [0.717, 1.165) is 17.8 Å². The topological polar surface area (TPSA) is 38.3 Å². The third kappa shape index (κ3) is 4.39. The minimum Gasteiger partial charge on any atom is -0.487 e. The summed E-state index contributed by atoms with van der Waals surface area (Å²) in [4.78, 5) is 11.9. The first-order valence-electron chi connectivity index (χ1n) is 7.70. The van der Waals surface area contributed by atoms with Gasteiger partial charge >= 0.3 is 6.18 Å². The van der Waals surface area contributed by atoms with E-state index >= 15 is 0 Å². The summed E-state index contributed by atoms with van der Waals surface area (Å²) in [5, 5.41) is 2.63. The molecular formula is C18H12ClF4NO2S. The van der Waals surface area contributed by atoms with Crippen LogP contribution in [0.4, 0.5) is 23.2 Å². The zero-order valence-electron chi connectivity index (χ0n) is 13.6. The normalized spacial score (nSPS) is 14.7. The lowest BCUT2D eigenvalue weighted by Gasteiger charge is -2.22. The Balaban J connectivity index is 1.97. The number of nitrogens with one attached hydrogen (secondary N) is 1. The van der Waals surface area contributed by atoms with Crippen molar-refractivity contribution < 1.29 is 27.1 Å². The van der Waals surface area contributed by atoms with Crippen LogP contribution in [0.15, 0.2) is 53.1 Å². The van der Waals surface area contributed by atoms with Crippen LogP contribution in [-0.2, 0) is 9.53 Å². The van der Waals surface area contributed by atoms with Gasteiger partial charge in [0.2, 0.25) is 5.76 Å². The number of hydrogen-bond donors (Lipinski definition) is 1. The van der Waals surface area contributed by atoms with Crippen LogP contribution < -0.4 is 5.32 Å². The summed E-state index contributed by atoms with van der Waals surface area (Å²) < 4.78 is 58.2. The number of benzene rings is 2. The van der Waals surface area contributed by atoms with Crippen LogP contribution in [0.5, 0.6) is 0 Å². The van der Waals surface area contributed by atoms with Gasteiger partial charge < -0.3 is 10.1 Å². The molecule has 0 aromatic heterocycles. The fourth-order valence-corrected chi connectivity index (χ4v) is 3.53. The SMILES string of the molecule is O=C(Nc1ccccc1-c1ccc(Cl)cc1F)C1=C(C(F)(F)F)OCCS1. The highest BCUT2D eigenvalue weighted by atomic mass is 35.5. The Labute approximate surface area is 161 Å². The van der Waals surface area contributed by atoms with Gasteiger partial charge in [0.25, 0.3) is 5.91 Å². The van der Waals surface area contributed by atoms with E-state index in [1.807, 2.05) is 0 Å². The van der Waals surface area contributed by atoms with Crippen LogP contribution in [0, 0.1) is 5.82 Å². The molecule has 1 N–H and O–H groups in total. The van der Waals surface area contributed by atoms with Gasteiger partial charge in [0.1, 0.15) is 10.7 Å². The van der Waals surface area contributed by atoms with Gasteiger partial charge in [0, 0.05) is 27.6 Å². The van der Waals surface area contributed by atoms with Crippen molar-refractivity contribution in [1.82, 2.24) is 0 Å². The number of ether oxygens (including phenoxy) is 1. The summed E-state index contributed by atoms with van der Waals surface area (Å²) in [5.41, 5.74) is 0.646. The van der Waals surface area contributed by atoms with E-state index in [0.29, 0.717) is 5.56 Å². The van der Waals surface area contributed by atoms with Gasteiger partial charge in [-0.05, 0) is 24.3 Å². The molecule has 3 nitrogen and oxygen atoms in total. The molecule has 2 aromatic carbocycles. The van der Waals surface area contributed by atoms with Gasteiger partial charge in [0.05, 0.1) is 6.61 Å². The molecule has 142 valence electrons. The lowest BCUT2D eigenvalue weighted by molar-refractivity contribution is -0.133. The predicted octanol–water partition coefficient (Wildman–Crippen LogP) is 5.62. The highest BCUT2D eigenvalue weighted by Crippen LogP contribution is 2.38. The molecule has 0 radical (unpaired) electrons. The van der Waals surface area contributed by atoms with Gasteiger partial charge in [-0.15, -0.1) is 11.8 Å². The van der Waals surface area contributed by atoms with E-state index in [1.165, 1.54) is 18.2 Å². The van der Waals surface area contributed by atoms with Gasteiger partial charge in [-0.1, -0.05) is 29.8 Å². The van der Waals surface area contributed by atoms with Crippen molar-refractivity contribution in [3.8, 4) is 11.1 Å². The third-order valence-corrected chi connectivity index (χ3v) is 4.91. The number of carbonyl (C=O) groups is 1. The zero-order chi connectivity index (χ0) is 19.6. The maximum atomic E-state index is 14.2. The van der Waals surface area contributed by atoms with Crippen molar-refractivity contribution in [3.63, 3.8) is 0 Å². The summed E-state index contributed by atoms with van der Waals surface area (Å²) in [6.45, 7) is -0.136. The minimum atomic E-state index is -4.78. The Morgan fingerprint density at radius 2 is 1.89 bits per heavy atom. The Bertz CT molecular complexity index is 914. The number of carbonyl (C=O) groups excluding carboxylic acids is 1. The molecule has 1 aliphatic heterocycles. The Kier molecular flexibility index (Phi) is 5.67. The lowest BCUT2D eigenvalue weighted by atomic mass is 10.0. The quantitative estimate of drug-likeness (QED) is 0.658. The number of thioether (sulfide) groups is 1. The zero-order valence-corrected chi connectivity index (χ0v) is 15.1. The van der Waals surface area contributed by atoms with E-state index in [4.69, 9.17) is 11.6 Å². The van der Waals surface area contributed by atoms with Crippen molar-refractivity contribution in [2.45, 2.75) is 6.18 Å². The number of alkyl halides is 3. The van der Waals surface area contributed by atoms with Crippen LogP contribution in [-0.4, -0.2) is 24.4 Å². The van der Waals surface area contributed by atoms with Gasteiger partial charge in [0.15, 0.2) is 0 Å². The number of anilines is 1. The van der Waals surface area contributed by atoms with Crippen LogP contribution >= 0.6 is 23.4 Å². The van der Waals surface area contributed by atoms with Crippen molar-refractivity contribution in [3.05, 3.63) is 64.0 Å². The summed E-state index contributed by atoms with van der Waals surface area (Å²) >= 11 is 6.51. The van der Waals surface area contributed by atoms with Gasteiger partial charge in [-0.2, -0.15) is 13.2 Å². The van der Waals surface area contributed by atoms with Crippen LogP contribution in [0.25, 0.3) is 11.1 Å². The number of allylic oxidation sites excluding steroid dienone is 1. The fraction of sp³-hybridized carbons (Fsp3) is 0.167. The molecule has 0 aliphatic carbocycles. The minimum absolute atomic E-state index is 0.136. The second-order valence-corrected chi connectivity index (χ2v) is 7.02. The maximum absolute atomic E-state index is 14.2. The first kappa shape index (κ1) is 19.6. The average molecular weight is 418 g/mol. The van der Waals surface area contributed by atoms with Crippen LogP contribution in [0.1, 0.15) is 0 Å². The molecule has 0 fully saturated rings. The molecule has 0 saturated heterocycles. The second kappa shape index (κ2) is 7.82. The summed E-state index contributed by atoms with van der Waals surface area (Å²) in [7, 11) is 0. The van der Waals surface area contributed by atoms with E-state index in [9.17, 15) is 22.4 Å². The van der Waals surface area contributed by atoms with E-state index in [-0.39, 0.29) is 28.6 Å². The molecule has 1 heterocycles. The highest BCUT2D eigenvalue weighted by molar-refractivity contribution is 8.04. The third-order valence-electron chi connectivity index (χ3n) is 3.64. The number of hydrogen-bond acceptors (Lipinski definition) is 3. The van der Waals surface area contributed by atoms with Crippen molar-refractivity contribution in [1.29, 1.82) is 0 Å². The second-order valence-electron chi connectivity index (χ2n) is 5.48. The first-order valence-corrected chi connectivity index (χ1v) is 9.06. The smallest absolute Gasteiger partial charge is 0.450 e. The molecule has 0 saturated carbocycles. The van der Waals surface area contributed by atoms with E-state index < -0.39 is 28.6 Å². The molecule has 27 heavy (non-hydrogen) atoms. The first-order chi connectivity index (χ1) is 12.8. The average Bonchev–Trinajstić information content (AvgIpc) is 2.62. The number of rotatable bonds is 3. The molecule has 3 rings (SSSR count). The van der Waals surface area contributed by atoms with Crippen LogP contribution in [0.2, 0.25) is 5.02 Å². The molecule has 0 unspecified atom stereocenters. The molecular weight excluding hydrogens is 406 g/mol. The predicted molar refractivity (Wildman–Crippen MR) is 97.0 cm³/mol. The molecule has 2 aromatic rings. The van der Waals surface area contributed by atoms with E-state index in [2.05, 4.69) is 10.1 Å². The maximum Gasteiger partial charge on any atom is 0.450 e. The van der Waals surface area contributed by atoms with Gasteiger partial charge in [-0.3, -0.25) is 4.79 Å². The van der Waals surface area contributed by atoms with Crippen molar-refractivity contribution >= 4 is 35.0 Å². The van der Waals surface area contributed by atoms with Crippen molar-refractivity contribution in [2.24, 2.45) is 0 Å². The van der Waals surface area contributed by atoms with E-state index in [1.54, 1.807) is 18.2 Å². The Morgan fingerprint density at radius 3 is 2.59 bits per heavy atom. The monoisotopic (exact) mass is 417 g/mol. The molecule has 0 spiro atoms. The lowest BCUT2D eigenvalue weighted by Crippen LogP contribution is -2.26. The largest absolute Gasteiger partial charge is 0.487 e. The molecule has 9 heteroatoms. The summed E-state index contributed by atoms with van der Waals surface area (Å²) in [6.07, 6.45) is -4.78. The number of para-hydroxylation sites is 1. The molecule has 1 amide bonds. The molecule has 1 aliphatic rings. The standard InChI is InChI=1S/C18H12ClF4NO2S/c19-10-5-6-11(13(20)9-10)12-3-1-2-4-14(12)24-17(25)15-16(18(21,22)23)26-7-8-27-15/h1-6,9H,7-8H2,(H,24,25). The highest BCUT2D eigenvalue weighted by Gasteiger charge is 2.42. The van der Waals surface area contributed by atoms with Gasteiger partial charge in [-0.25, -0.2) is 4.39 Å². The van der Waals surface area contributed by atoms with Crippen molar-refractivity contribution in [2.75, 3.05) is 17.7 Å². The number of amides is 1. The fourth-order valence-electron chi connectivity index (χ4n) is 2.51. The summed E-state index contributed by atoms with van der Waals surface area (Å²) in [6, 6.07) is 10.3. The summed E-state index contributed by atoms with van der Waals surface area (Å²) in [5.74, 6) is -2.68. The number of halogens is 5. The van der Waals surface area contributed by atoms with Crippen LogP contribution in [0.3, 0.4) is 0 Å². The molecule has 0 bridgehead atoms. The Morgan fingerprint density at radius 1 is 1.15 bits per heavy atom. The Hall–Kier alpha value is -2.19. The molecule has 0 atom stereocenters.